The smallest absolute Gasteiger partial charge is 0.383 e. The van der Waals surface area contributed by atoms with Crippen molar-refractivity contribution in [3.8, 4) is 0 Å². The van der Waals surface area contributed by atoms with E-state index >= 15 is 0 Å². The molecule has 1 aromatic carbocycles. The van der Waals surface area contributed by atoms with Crippen LogP contribution in [0.5, 0.6) is 0 Å². The number of benzene rings is 1. The van der Waals surface area contributed by atoms with Gasteiger partial charge < -0.3 is 9.64 Å². The molecule has 0 bridgehead atoms. The molecule has 0 fully saturated rings. The van der Waals surface area contributed by atoms with E-state index in [0.29, 0.717) is 5.56 Å². The first kappa shape index (κ1) is 18.4. The molecule has 1 amide bonds. The Hall–Kier alpha value is -1.60. The van der Waals surface area contributed by atoms with Gasteiger partial charge in [-0.3, -0.25) is 9.69 Å². The summed E-state index contributed by atoms with van der Waals surface area (Å²) in [5.74, 6) is -0.129. The molecule has 0 heterocycles. The minimum atomic E-state index is -4.40. The van der Waals surface area contributed by atoms with Gasteiger partial charge in [0.1, 0.15) is 0 Å². The van der Waals surface area contributed by atoms with Gasteiger partial charge in [-0.1, -0.05) is 12.1 Å². The van der Waals surface area contributed by atoms with Crippen LogP contribution in [0.25, 0.3) is 0 Å². The quantitative estimate of drug-likeness (QED) is 0.807. The monoisotopic (exact) mass is 318 g/mol. The number of ether oxygens (including phenoxy) is 1. The first-order valence-corrected chi connectivity index (χ1v) is 6.73. The van der Waals surface area contributed by atoms with Crippen LogP contribution in [-0.2, 0) is 15.7 Å². The molecule has 7 heteroatoms. The molecule has 0 saturated heterocycles. The topological polar surface area (TPSA) is 32.8 Å². The number of rotatable bonds is 6. The van der Waals surface area contributed by atoms with Crippen LogP contribution < -0.4 is 0 Å². The van der Waals surface area contributed by atoms with E-state index in [2.05, 4.69) is 0 Å². The van der Waals surface area contributed by atoms with Gasteiger partial charge in [-0.15, -0.1) is 0 Å². The van der Waals surface area contributed by atoms with Crippen molar-refractivity contribution in [1.82, 2.24) is 9.80 Å². The molecule has 0 aromatic heterocycles. The molecule has 0 aliphatic carbocycles. The van der Waals surface area contributed by atoms with Crippen LogP contribution in [0, 0.1) is 0 Å². The predicted octanol–water partition coefficient (Wildman–Crippen LogP) is 2.41. The Labute approximate surface area is 128 Å². The summed E-state index contributed by atoms with van der Waals surface area (Å²) in [4.78, 5) is 14.9. The van der Waals surface area contributed by atoms with Gasteiger partial charge in [0.15, 0.2) is 0 Å². The highest BCUT2D eigenvalue weighted by atomic mass is 19.4. The second-order valence-electron chi connectivity index (χ2n) is 5.30. The highest BCUT2D eigenvalue weighted by Crippen LogP contribution is 2.31. The molecule has 1 atom stereocenters. The summed E-state index contributed by atoms with van der Waals surface area (Å²) in [6.45, 7) is 0.287. The number of hydrogen-bond donors (Lipinski definition) is 0. The molecule has 1 unspecified atom stereocenters. The lowest BCUT2D eigenvalue weighted by Gasteiger charge is -2.28. The molecule has 0 saturated carbocycles. The zero-order valence-corrected chi connectivity index (χ0v) is 13.1. The highest BCUT2D eigenvalue weighted by Gasteiger charge is 2.31. The normalized spacial score (nSPS) is 13.3. The number of carbonyl (C=O) groups excluding carboxylic acids is 1. The molecule has 0 spiro atoms. The van der Waals surface area contributed by atoms with Crippen LogP contribution in [0.4, 0.5) is 13.2 Å². The predicted molar refractivity (Wildman–Crippen MR) is 77.4 cm³/mol. The van der Waals surface area contributed by atoms with Crippen molar-refractivity contribution in [3.63, 3.8) is 0 Å². The number of amides is 1. The summed E-state index contributed by atoms with van der Waals surface area (Å²) < 4.78 is 43.6. The van der Waals surface area contributed by atoms with E-state index in [9.17, 15) is 18.0 Å². The van der Waals surface area contributed by atoms with E-state index in [1.165, 1.54) is 18.1 Å². The number of alkyl halides is 3. The van der Waals surface area contributed by atoms with Crippen LogP contribution in [-0.4, -0.2) is 57.1 Å². The maximum absolute atomic E-state index is 12.8. The Kier molecular flexibility index (Phi) is 6.37. The lowest BCUT2D eigenvalue weighted by molar-refractivity contribution is -0.137. The Morgan fingerprint density at radius 3 is 2.41 bits per heavy atom. The molecule has 0 radical (unpaired) electrons. The van der Waals surface area contributed by atoms with Crippen molar-refractivity contribution in [3.05, 3.63) is 35.4 Å². The minimum Gasteiger partial charge on any atom is -0.383 e. The Morgan fingerprint density at radius 2 is 1.91 bits per heavy atom. The second kappa shape index (κ2) is 7.60. The Balaban J connectivity index is 3.02. The van der Waals surface area contributed by atoms with Gasteiger partial charge in [0.25, 0.3) is 0 Å². The summed E-state index contributed by atoms with van der Waals surface area (Å²) in [6.07, 6.45) is -4.40. The van der Waals surface area contributed by atoms with Crippen molar-refractivity contribution >= 4 is 5.91 Å². The first-order chi connectivity index (χ1) is 10.2. The van der Waals surface area contributed by atoms with Crippen molar-refractivity contribution in [2.75, 3.05) is 41.4 Å². The van der Waals surface area contributed by atoms with Gasteiger partial charge >= 0.3 is 6.18 Å². The van der Waals surface area contributed by atoms with Gasteiger partial charge in [-0.2, -0.15) is 13.2 Å². The zero-order chi connectivity index (χ0) is 16.9. The summed E-state index contributed by atoms with van der Waals surface area (Å²) in [6, 6.07) is 4.66. The van der Waals surface area contributed by atoms with Gasteiger partial charge in [0.2, 0.25) is 5.91 Å². The minimum absolute atomic E-state index is 0.0945. The fourth-order valence-electron chi connectivity index (χ4n) is 2.02. The first-order valence-electron chi connectivity index (χ1n) is 6.73. The maximum Gasteiger partial charge on any atom is 0.416 e. The van der Waals surface area contributed by atoms with Crippen LogP contribution >= 0.6 is 0 Å². The summed E-state index contributed by atoms with van der Waals surface area (Å²) in [5, 5.41) is 0. The number of carbonyl (C=O) groups is 1. The number of hydrogen-bond acceptors (Lipinski definition) is 3. The molecule has 0 aliphatic rings. The second-order valence-corrected chi connectivity index (χ2v) is 5.30. The lowest BCUT2D eigenvalue weighted by Crippen LogP contribution is -2.38. The molecule has 124 valence electrons. The molecular formula is C15H21F3N2O2. The number of methoxy groups -OCH3 is 1. The number of nitrogens with zero attached hydrogens (tertiary/aromatic N) is 2. The summed E-state index contributed by atoms with van der Waals surface area (Å²) >= 11 is 0. The lowest BCUT2D eigenvalue weighted by atomic mass is 10.0. The number of halogens is 3. The van der Waals surface area contributed by atoms with Crippen molar-refractivity contribution in [2.24, 2.45) is 0 Å². The van der Waals surface area contributed by atoms with E-state index in [4.69, 9.17) is 4.74 Å². The number of likely N-dealkylation sites (N-methyl/N-ethyl adjacent to an activating group) is 2. The fraction of sp³-hybridized carbons (Fsp3) is 0.533. The molecule has 4 nitrogen and oxygen atoms in total. The van der Waals surface area contributed by atoms with Crippen molar-refractivity contribution in [1.29, 1.82) is 0 Å². The van der Waals surface area contributed by atoms with E-state index in [-0.39, 0.29) is 19.1 Å². The fourth-order valence-corrected chi connectivity index (χ4v) is 2.02. The third-order valence-electron chi connectivity index (χ3n) is 3.34. The molecule has 1 rings (SSSR count). The molecule has 0 N–H and O–H groups in total. The van der Waals surface area contributed by atoms with Crippen LogP contribution in [0.3, 0.4) is 0 Å². The zero-order valence-electron chi connectivity index (χ0n) is 13.1. The largest absolute Gasteiger partial charge is 0.416 e. The van der Waals surface area contributed by atoms with Crippen LogP contribution in [0.15, 0.2) is 24.3 Å². The van der Waals surface area contributed by atoms with Gasteiger partial charge in [-0.25, -0.2) is 0 Å². The van der Waals surface area contributed by atoms with E-state index in [1.807, 2.05) is 0 Å². The molecule has 1 aromatic rings. The standard InChI is InChI=1S/C15H21F3N2O2/c1-19(2)14(21)9-20(3)13(10-22-4)11-6-5-7-12(8-11)15(16,17)18/h5-8,13H,9-10H2,1-4H3. The summed E-state index contributed by atoms with van der Waals surface area (Å²) in [5.41, 5.74) is -0.246. The van der Waals surface area contributed by atoms with E-state index in [1.54, 1.807) is 32.1 Å². The molecule has 0 aliphatic heterocycles. The van der Waals surface area contributed by atoms with Gasteiger partial charge in [-0.05, 0) is 24.7 Å². The van der Waals surface area contributed by atoms with Gasteiger partial charge in [0, 0.05) is 21.2 Å². The average molecular weight is 318 g/mol. The average Bonchev–Trinajstić information content (AvgIpc) is 2.43. The van der Waals surface area contributed by atoms with Crippen LogP contribution in [0.2, 0.25) is 0 Å². The SMILES string of the molecule is COCC(c1cccc(C(F)(F)F)c1)N(C)CC(=O)N(C)C. The van der Waals surface area contributed by atoms with E-state index in [0.717, 1.165) is 12.1 Å². The maximum atomic E-state index is 12.8. The van der Waals surface area contributed by atoms with Gasteiger partial charge in [0.05, 0.1) is 24.8 Å². The highest BCUT2D eigenvalue weighted by molar-refractivity contribution is 5.77. The van der Waals surface area contributed by atoms with Crippen molar-refractivity contribution in [2.45, 2.75) is 12.2 Å². The third-order valence-corrected chi connectivity index (χ3v) is 3.34. The Morgan fingerprint density at radius 1 is 1.27 bits per heavy atom. The third kappa shape index (κ3) is 4.99. The van der Waals surface area contributed by atoms with E-state index < -0.39 is 17.8 Å². The summed E-state index contributed by atoms with van der Waals surface area (Å²) in [7, 11) is 6.42. The van der Waals surface area contributed by atoms with Crippen molar-refractivity contribution < 1.29 is 22.7 Å². The molecular weight excluding hydrogens is 297 g/mol. The van der Waals surface area contributed by atoms with Crippen LogP contribution in [0.1, 0.15) is 17.2 Å². The molecule has 22 heavy (non-hydrogen) atoms. The Bertz CT molecular complexity index is 504.